The van der Waals surface area contributed by atoms with Crippen molar-refractivity contribution in [2.24, 2.45) is 11.8 Å². The number of aromatic nitrogens is 3. The van der Waals surface area contributed by atoms with Crippen molar-refractivity contribution in [1.29, 1.82) is 0 Å². The zero-order valence-electron chi connectivity index (χ0n) is 18.1. The second-order valence-corrected chi connectivity index (χ2v) is 8.78. The molecule has 5 nitrogen and oxygen atoms in total. The minimum atomic E-state index is -0.748. The first-order chi connectivity index (χ1) is 15.8. The number of pyridine rings is 1. The molecule has 2 aliphatic rings. The van der Waals surface area contributed by atoms with E-state index >= 15 is 0 Å². The molecule has 0 saturated carbocycles. The highest BCUT2D eigenvalue weighted by molar-refractivity contribution is 6.00. The van der Waals surface area contributed by atoms with Crippen LogP contribution in [-0.4, -0.2) is 20.7 Å². The first-order valence-electron chi connectivity index (χ1n) is 10.8. The molecular weight excluding hydrogens is 422 g/mol. The van der Waals surface area contributed by atoms with E-state index in [1.54, 1.807) is 24.3 Å². The molecule has 0 N–H and O–H groups in total. The first-order valence-corrected chi connectivity index (χ1v) is 10.8. The highest BCUT2D eigenvalue weighted by Crippen LogP contribution is 2.51. The van der Waals surface area contributed by atoms with E-state index in [0.717, 1.165) is 11.8 Å². The van der Waals surface area contributed by atoms with Gasteiger partial charge < -0.3 is 4.79 Å². The van der Waals surface area contributed by atoms with Crippen LogP contribution in [0.5, 0.6) is 0 Å². The third-order valence-electron chi connectivity index (χ3n) is 6.96. The topological polar surface area (TPSA) is 60.1 Å². The highest BCUT2D eigenvalue weighted by Gasteiger charge is 2.49. The normalized spacial score (nSPS) is 23.8. The number of hydrogen-bond donors (Lipinski definition) is 0. The first kappa shape index (κ1) is 21.1. The van der Waals surface area contributed by atoms with Crippen LogP contribution >= 0.6 is 0 Å². The van der Waals surface area contributed by atoms with Crippen LogP contribution in [0.25, 0.3) is 27.5 Å². The smallest absolute Gasteiger partial charge is 0.226 e. The van der Waals surface area contributed by atoms with E-state index in [1.807, 2.05) is 13.8 Å². The van der Waals surface area contributed by atoms with E-state index in [2.05, 4.69) is 14.8 Å². The molecule has 164 valence electrons. The second kappa shape index (κ2) is 7.66. The Morgan fingerprint density at radius 1 is 1.12 bits per heavy atom. The van der Waals surface area contributed by atoms with Crippen LogP contribution in [0.1, 0.15) is 31.5 Å². The second-order valence-electron chi connectivity index (χ2n) is 8.78. The van der Waals surface area contributed by atoms with Gasteiger partial charge in [-0.2, -0.15) is 0 Å². The molecule has 0 fully saturated rings. The Hall–Kier alpha value is -3.79. The number of Topliss-reactive ketones (excluding diaryl/α,β-unsaturated/α-hetero) is 1. The van der Waals surface area contributed by atoms with Crippen LogP contribution in [0.2, 0.25) is 0 Å². The molecule has 2 aliphatic carbocycles. The minimum Gasteiger partial charge on any atom is -0.308 e. The Balaban J connectivity index is 1.85. The molecule has 5 rings (SSSR count). The summed E-state index contributed by atoms with van der Waals surface area (Å²) in [5, 5.41) is 0. The fourth-order valence-electron chi connectivity index (χ4n) is 5.30. The number of rotatable bonds is 2. The largest absolute Gasteiger partial charge is 0.308 e. The SMILES string of the molecule is [C-]#[N+]C1=C[C@@]2(C)c3nc(-c4ccncc4F)nc(-c4ccccc4F)c3CC[C@@H]2[C@@H](C)C1=O. The van der Waals surface area contributed by atoms with E-state index in [-0.39, 0.29) is 34.7 Å². The Kier molecular flexibility index (Phi) is 4.89. The fourth-order valence-corrected chi connectivity index (χ4v) is 5.30. The summed E-state index contributed by atoms with van der Waals surface area (Å²) in [7, 11) is 0. The van der Waals surface area contributed by atoms with Crippen molar-refractivity contribution in [3.8, 4) is 22.6 Å². The number of carbonyl (C=O) groups excluding carboxylic acids is 1. The molecular formula is C26H20F2N4O. The zero-order chi connectivity index (χ0) is 23.3. The lowest BCUT2D eigenvalue weighted by molar-refractivity contribution is -0.121. The molecule has 0 bridgehead atoms. The van der Waals surface area contributed by atoms with Crippen molar-refractivity contribution in [3.63, 3.8) is 0 Å². The summed E-state index contributed by atoms with van der Waals surface area (Å²) < 4.78 is 29.5. The molecule has 0 unspecified atom stereocenters. The molecule has 2 aromatic heterocycles. The summed E-state index contributed by atoms with van der Waals surface area (Å²) in [5.74, 6) is -1.50. The number of fused-ring (bicyclic) bond motifs is 3. The highest BCUT2D eigenvalue weighted by atomic mass is 19.1. The molecule has 3 aromatic rings. The molecule has 33 heavy (non-hydrogen) atoms. The van der Waals surface area contributed by atoms with Gasteiger partial charge in [-0.25, -0.2) is 23.6 Å². The van der Waals surface area contributed by atoms with Gasteiger partial charge in [0.2, 0.25) is 5.70 Å². The summed E-state index contributed by atoms with van der Waals surface area (Å²) in [5.41, 5.74) is 1.58. The van der Waals surface area contributed by atoms with Gasteiger partial charge in [-0.05, 0) is 37.0 Å². The fraction of sp³-hybridized carbons (Fsp3) is 0.269. The average molecular weight is 442 g/mol. The van der Waals surface area contributed by atoms with E-state index in [4.69, 9.17) is 11.6 Å². The minimum absolute atomic E-state index is 0.0804. The average Bonchev–Trinajstić information content (AvgIpc) is 2.82. The molecule has 7 heteroatoms. The summed E-state index contributed by atoms with van der Waals surface area (Å²) in [6, 6.07) is 7.82. The van der Waals surface area contributed by atoms with Crippen molar-refractivity contribution in [2.45, 2.75) is 32.1 Å². The Morgan fingerprint density at radius 3 is 2.64 bits per heavy atom. The van der Waals surface area contributed by atoms with E-state index < -0.39 is 17.0 Å². The van der Waals surface area contributed by atoms with Gasteiger partial charge in [-0.3, -0.25) is 4.98 Å². The number of allylic oxidation sites excluding steroid dienone is 2. The summed E-state index contributed by atoms with van der Waals surface area (Å²) in [6.07, 6.45) is 5.45. The monoisotopic (exact) mass is 442 g/mol. The van der Waals surface area contributed by atoms with Gasteiger partial charge in [0.1, 0.15) is 5.82 Å². The number of halogens is 2. The van der Waals surface area contributed by atoms with Gasteiger partial charge >= 0.3 is 0 Å². The molecule has 0 aliphatic heterocycles. The van der Waals surface area contributed by atoms with Crippen LogP contribution in [0.3, 0.4) is 0 Å². The molecule has 0 saturated heterocycles. The summed E-state index contributed by atoms with van der Waals surface area (Å²) in [4.78, 5) is 29.4. The molecule has 0 spiro atoms. The van der Waals surface area contributed by atoms with Crippen molar-refractivity contribution >= 4 is 5.78 Å². The number of ketones is 1. The predicted molar refractivity (Wildman–Crippen MR) is 119 cm³/mol. The molecule has 0 amide bonds. The maximum Gasteiger partial charge on any atom is 0.226 e. The lowest BCUT2D eigenvalue weighted by atomic mass is 9.58. The number of nitrogens with zero attached hydrogens (tertiary/aromatic N) is 4. The van der Waals surface area contributed by atoms with Gasteiger partial charge in [0.15, 0.2) is 17.4 Å². The van der Waals surface area contributed by atoms with Gasteiger partial charge in [0.05, 0.1) is 29.7 Å². The standard InChI is InChI=1S/C26H20F2N4O/c1-14-18-9-8-17-22(15-6-4-5-7-19(15)27)31-25(16-10-11-30-13-20(16)28)32-24(17)26(18,2)12-21(29-3)23(14)33/h4-7,10-14,18H,8-9H2,1-2H3/t14-,18-,26-/m1/s1. The van der Waals surface area contributed by atoms with Crippen LogP contribution in [0, 0.1) is 30.0 Å². The van der Waals surface area contributed by atoms with Crippen LogP contribution in [0.4, 0.5) is 8.78 Å². The molecule has 1 aromatic carbocycles. The van der Waals surface area contributed by atoms with Crippen molar-refractivity contribution in [1.82, 2.24) is 15.0 Å². The number of carbonyl (C=O) groups is 1. The van der Waals surface area contributed by atoms with E-state index in [1.165, 1.54) is 18.3 Å². The van der Waals surface area contributed by atoms with Crippen LogP contribution < -0.4 is 0 Å². The maximum absolute atomic E-state index is 14.9. The number of hydrogen-bond acceptors (Lipinski definition) is 4. The van der Waals surface area contributed by atoms with E-state index in [0.29, 0.717) is 29.8 Å². The predicted octanol–water partition coefficient (Wildman–Crippen LogP) is 5.33. The molecule has 3 atom stereocenters. The summed E-state index contributed by atoms with van der Waals surface area (Å²) in [6.45, 7) is 11.3. The third-order valence-corrected chi connectivity index (χ3v) is 6.96. The lowest BCUT2D eigenvalue weighted by Crippen LogP contribution is -2.46. The van der Waals surface area contributed by atoms with Crippen molar-refractivity contribution < 1.29 is 13.6 Å². The quantitative estimate of drug-likeness (QED) is 0.504. The van der Waals surface area contributed by atoms with E-state index in [9.17, 15) is 13.6 Å². The van der Waals surface area contributed by atoms with Gasteiger partial charge in [0, 0.05) is 28.7 Å². The third kappa shape index (κ3) is 3.17. The van der Waals surface area contributed by atoms with Crippen LogP contribution in [0.15, 0.2) is 54.5 Å². The molecule has 2 heterocycles. The summed E-state index contributed by atoms with van der Waals surface area (Å²) >= 11 is 0. The zero-order valence-corrected chi connectivity index (χ0v) is 18.1. The molecule has 0 radical (unpaired) electrons. The lowest BCUT2D eigenvalue weighted by Gasteiger charge is -2.46. The van der Waals surface area contributed by atoms with Crippen LogP contribution in [-0.2, 0) is 16.6 Å². The Labute approximate surface area is 190 Å². The van der Waals surface area contributed by atoms with Crippen molar-refractivity contribution in [2.75, 3.05) is 0 Å². The van der Waals surface area contributed by atoms with Gasteiger partial charge in [0.25, 0.3) is 0 Å². The van der Waals surface area contributed by atoms with Gasteiger partial charge in [-0.1, -0.05) is 32.1 Å². The Morgan fingerprint density at radius 2 is 1.91 bits per heavy atom. The van der Waals surface area contributed by atoms with Gasteiger partial charge in [-0.15, -0.1) is 0 Å². The number of benzene rings is 1. The maximum atomic E-state index is 14.9. The van der Waals surface area contributed by atoms with Crippen molar-refractivity contribution in [3.05, 3.63) is 88.8 Å². The Bertz CT molecular complexity index is 1380.